The highest BCUT2D eigenvalue weighted by atomic mass is 32.1. The van der Waals surface area contributed by atoms with Gasteiger partial charge in [0.25, 0.3) is 0 Å². The van der Waals surface area contributed by atoms with Gasteiger partial charge < -0.3 is 20.4 Å². The first-order valence-electron chi connectivity index (χ1n) is 18.2. The maximum atomic E-state index is 16.5. The molecular weight excluding hydrogens is 646 g/mol. The lowest BCUT2D eigenvalue weighted by Crippen LogP contribution is -2.33. The van der Waals surface area contributed by atoms with E-state index >= 15 is 4.39 Å². The number of hydrogen-bond acceptors (Lipinski definition) is 7. The minimum atomic E-state index is -0.444. The van der Waals surface area contributed by atoms with Crippen LogP contribution in [0.3, 0.4) is 0 Å². The molecular formula is C40H38FN7OS. The van der Waals surface area contributed by atoms with Gasteiger partial charge in [-0.25, -0.2) is 14.4 Å². The second kappa shape index (κ2) is 9.60. The zero-order valence-corrected chi connectivity index (χ0v) is 28.9. The van der Waals surface area contributed by atoms with E-state index in [1.54, 1.807) is 17.4 Å². The predicted molar refractivity (Wildman–Crippen MR) is 193 cm³/mol. The Balaban J connectivity index is 0.914. The van der Waals surface area contributed by atoms with Crippen LogP contribution < -0.4 is 15.4 Å². The molecule has 0 spiro atoms. The molecule has 0 amide bonds. The van der Waals surface area contributed by atoms with Gasteiger partial charge >= 0.3 is 0 Å². The van der Waals surface area contributed by atoms with Gasteiger partial charge in [0.2, 0.25) is 6.23 Å². The smallest absolute Gasteiger partial charge is 0.213 e. The molecule has 0 bridgehead atoms. The van der Waals surface area contributed by atoms with E-state index < -0.39 is 6.23 Å². The van der Waals surface area contributed by atoms with E-state index in [-0.39, 0.29) is 11.9 Å². The number of allylic oxidation sites excluding steroid dienone is 1. The number of hydrogen-bond donors (Lipinski definition) is 3. The van der Waals surface area contributed by atoms with Crippen LogP contribution in [0, 0.1) is 16.6 Å². The number of halogens is 1. The van der Waals surface area contributed by atoms with Crippen LogP contribution in [-0.2, 0) is 0 Å². The molecule has 7 aliphatic rings. The summed E-state index contributed by atoms with van der Waals surface area (Å²) < 4.78 is 25.5. The molecule has 7 heterocycles. The molecule has 5 fully saturated rings. The van der Waals surface area contributed by atoms with Crippen molar-refractivity contribution >= 4 is 33.5 Å². The van der Waals surface area contributed by atoms with E-state index in [1.807, 2.05) is 24.7 Å². The number of piperidine rings is 2. The molecule has 50 heavy (non-hydrogen) atoms. The first-order chi connectivity index (χ1) is 24.3. The Morgan fingerprint density at radius 2 is 1.74 bits per heavy atom. The van der Waals surface area contributed by atoms with Gasteiger partial charge in [0.15, 0.2) is 0 Å². The fourth-order valence-corrected chi connectivity index (χ4v) is 10.6. The zero-order valence-electron chi connectivity index (χ0n) is 28.1. The summed E-state index contributed by atoms with van der Waals surface area (Å²) in [4.78, 5) is 19.1. The minimum Gasteiger partial charge on any atom is -0.464 e. The van der Waals surface area contributed by atoms with E-state index in [9.17, 15) is 0 Å². The Labute approximate surface area is 293 Å². The maximum Gasteiger partial charge on any atom is 0.213 e. The van der Waals surface area contributed by atoms with Crippen molar-refractivity contribution in [3.63, 3.8) is 0 Å². The monoisotopic (exact) mass is 683 g/mol. The normalized spacial score (nSPS) is 33.1. The third-order valence-electron chi connectivity index (χ3n) is 12.9. The summed E-state index contributed by atoms with van der Waals surface area (Å²) in [6.45, 7) is 4.73. The van der Waals surface area contributed by atoms with Crippen LogP contribution in [0.4, 0.5) is 4.39 Å². The van der Waals surface area contributed by atoms with Gasteiger partial charge in [0.1, 0.15) is 17.4 Å². The van der Waals surface area contributed by atoms with E-state index in [1.165, 1.54) is 30.7 Å². The molecule has 8 nitrogen and oxygen atoms in total. The van der Waals surface area contributed by atoms with Crippen molar-refractivity contribution in [1.29, 1.82) is 0 Å². The van der Waals surface area contributed by atoms with Crippen molar-refractivity contribution < 1.29 is 9.13 Å². The number of aromatic amines is 1. The summed E-state index contributed by atoms with van der Waals surface area (Å²) in [7, 11) is 0. The van der Waals surface area contributed by atoms with E-state index in [0.29, 0.717) is 46.2 Å². The van der Waals surface area contributed by atoms with Crippen LogP contribution in [-0.4, -0.2) is 43.4 Å². The number of benzene rings is 2. The van der Waals surface area contributed by atoms with Crippen LogP contribution >= 0.6 is 11.3 Å². The van der Waals surface area contributed by atoms with Gasteiger partial charge in [-0.15, -0.1) is 11.3 Å². The number of ether oxygens (including phenoxy) is 1. The summed E-state index contributed by atoms with van der Waals surface area (Å²) in [5, 5.41) is 9.70. The summed E-state index contributed by atoms with van der Waals surface area (Å²) in [6, 6.07) is 14.1. The average Bonchev–Trinajstić information content (AvgIpc) is 3.77. The Kier molecular flexibility index (Phi) is 5.48. The maximum absolute atomic E-state index is 16.5. The zero-order chi connectivity index (χ0) is 33.1. The molecule has 5 aromatic rings. The third-order valence-corrected chi connectivity index (χ3v) is 14.1. The number of H-pyrrole nitrogens is 1. The number of fused-ring (bicyclic) bond motifs is 7. The Hall–Kier alpha value is -4.12. The molecule has 10 heteroatoms. The molecule has 2 saturated heterocycles. The summed E-state index contributed by atoms with van der Waals surface area (Å²) in [6.07, 6.45) is 13.3. The lowest BCUT2D eigenvalue weighted by molar-refractivity contribution is 0.175. The number of aromatic nitrogens is 4. The molecule has 7 atom stereocenters. The molecule has 3 saturated carbocycles. The number of nitrogens with zero attached hydrogens (tertiary/aromatic N) is 4. The number of thiazole rings is 1. The summed E-state index contributed by atoms with van der Waals surface area (Å²) >= 11 is 1.72. The molecule has 3 aromatic heterocycles. The highest BCUT2D eigenvalue weighted by Crippen LogP contribution is 2.57. The Morgan fingerprint density at radius 1 is 0.920 bits per heavy atom. The molecule has 7 unspecified atom stereocenters. The van der Waals surface area contributed by atoms with Gasteiger partial charge in [-0.3, -0.25) is 9.56 Å². The van der Waals surface area contributed by atoms with Crippen LogP contribution in [0.15, 0.2) is 60.0 Å². The number of imidazole rings is 1. The molecule has 4 aliphatic heterocycles. The Bertz CT molecular complexity index is 2370. The van der Waals surface area contributed by atoms with Crippen molar-refractivity contribution in [2.45, 2.75) is 95.1 Å². The van der Waals surface area contributed by atoms with E-state index in [4.69, 9.17) is 19.7 Å². The third kappa shape index (κ3) is 4.18. The Morgan fingerprint density at radius 3 is 2.52 bits per heavy atom. The van der Waals surface area contributed by atoms with Crippen LogP contribution in [0.5, 0.6) is 5.75 Å². The fourth-order valence-electron chi connectivity index (χ4n) is 9.46. The lowest BCUT2D eigenvalue weighted by atomic mass is 9.94. The minimum absolute atomic E-state index is 0.270. The van der Waals surface area contributed by atoms with Gasteiger partial charge in [-0.2, -0.15) is 0 Å². The van der Waals surface area contributed by atoms with Gasteiger partial charge in [0, 0.05) is 59.5 Å². The predicted octanol–water partition coefficient (Wildman–Crippen LogP) is 8.25. The van der Waals surface area contributed by atoms with Crippen LogP contribution in [0.25, 0.3) is 39.0 Å². The van der Waals surface area contributed by atoms with E-state index in [0.717, 1.165) is 74.7 Å². The van der Waals surface area contributed by atoms with Crippen molar-refractivity contribution in [2.24, 2.45) is 15.8 Å². The SMILES string of the molecule is CC12CC(C3=NC=C(c4cc(F)c5c(c4)OC(c4cnc(C6CC6)s4)n4c-5cc5cc(-c6cnc(C7CC8(C)CC8N7)[nH]6)ccc54)C3)NC1C2. The quantitative estimate of drug-likeness (QED) is 0.168. The summed E-state index contributed by atoms with van der Waals surface area (Å²) in [5.74, 6) is 1.84. The number of aliphatic imine (C=N–C) groups is 1. The lowest BCUT2D eigenvalue weighted by Gasteiger charge is -2.30. The highest BCUT2D eigenvalue weighted by Gasteiger charge is 2.58. The first kappa shape index (κ1) is 28.6. The van der Waals surface area contributed by atoms with Crippen LogP contribution in [0.1, 0.15) is 98.3 Å². The highest BCUT2D eigenvalue weighted by molar-refractivity contribution is 7.11. The van der Waals surface area contributed by atoms with Crippen molar-refractivity contribution in [3.05, 3.63) is 82.1 Å². The van der Waals surface area contributed by atoms with Gasteiger partial charge in [0.05, 0.1) is 44.6 Å². The first-order valence-corrected chi connectivity index (χ1v) is 19.0. The fraction of sp³-hybridized carbons (Fsp3) is 0.425. The molecule has 12 rings (SSSR count). The standard InChI is InChI=1S/C40H38FN7OS/c1-39-12-26(45-33(39)14-39)25-9-23(16-42-25)21-8-24(41)35-30-10-22-7-20(28-17-43-36(47-28)27-13-40(2)15-34(40)46-27)5-6-29(22)48(30)38(49-31(35)11-21)32-18-44-37(50-32)19-3-4-19/h5-8,10-11,16-19,26-27,33-34,38,45-46H,3-4,9,12-15H2,1-2H3,(H,43,47). The van der Waals surface area contributed by atoms with E-state index in [2.05, 4.69) is 58.3 Å². The second-order valence-corrected chi connectivity index (χ2v) is 17.7. The molecule has 3 N–H and O–H groups in total. The molecule has 2 aromatic carbocycles. The van der Waals surface area contributed by atoms with Crippen molar-refractivity contribution in [2.75, 3.05) is 0 Å². The molecule has 252 valence electrons. The topological polar surface area (TPSA) is 92.2 Å². The van der Waals surface area contributed by atoms with Gasteiger partial charge in [-0.1, -0.05) is 19.9 Å². The van der Waals surface area contributed by atoms with Gasteiger partial charge in [-0.05, 0) is 90.8 Å². The second-order valence-electron chi connectivity index (χ2n) is 16.7. The average molecular weight is 684 g/mol. The summed E-state index contributed by atoms with van der Waals surface area (Å²) in [5.41, 5.74) is 8.24. The largest absolute Gasteiger partial charge is 0.464 e. The van der Waals surface area contributed by atoms with Crippen molar-refractivity contribution in [1.82, 2.24) is 30.2 Å². The number of nitrogens with one attached hydrogen (secondary N) is 3. The molecule has 3 aliphatic carbocycles. The van der Waals surface area contributed by atoms with Crippen LogP contribution in [0.2, 0.25) is 0 Å². The molecule has 0 radical (unpaired) electrons. The number of rotatable bonds is 6. The van der Waals surface area contributed by atoms with Crippen molar-refractivity contribution in [3.8, 4) is 28.3 Å².